The van der Waals surface area contributed by atoms with Crippen molar-refractivity contribution in [3.05, 3.63) is 23.4 Å². The fourth-order valence-electron chi connectivity index (χ4n) is 2.39. The Kier molecular flexibility index (Phi) is 2.79. The van der Waals surface area contributed by atoms with Gasteiger partial charge in [0.05, 0.1) is 6.61 Å². The molecule has 2 aliphatic carbocycles. The van der Waals surface area contributed by atoms with Crippen LogP contribution in [0.2, 0.25) is 0 Å². The minimum Gasteiger partial charge on any atom is -0.392 e. The first-order chi connectivity index (χ1) is 8.28. The fourth-order valence-corrected chi connectivity index (χ4v) is 2.39. The van der Waals surface area contributed by atoms with E-state index in [1.54, 1.807) is 0 Å². The second kappa shape index (κ2) is 4.30. The molecule has 0 amide bonds. The summed E-state index contributed by atoms with van der Waals surface area (Å²) >= 11 is 0. The highest BCUT2D eigenvalue weighted by Crippen LogP contribution is 2.37. The molecule has 0 unspecified atom stereocenters. The van der Waals surface area contributed by atoms with Gasteiger partial charge in [0.25, 0.3) is 0 Å². The van der Waals surface area contributed by atoms with Crippen LogP contribution in [0, 0.1) is 12.8 Å². The van der Waals surface area contributed by atoms with Gasteiger partial charge in [0.15, 0.2) is 0 Å². The summed E-state index contributed by atoms with van der Waals surface area (Å²) in [6, 6.07) is 2.78. The molecule has 0 spiro atoms. The third kappa shape index (κ3) is 2.44. The largest absolute Gasteiger partial charge is 0.392 e. The number of aromatic nitrogens is 1. The van der Waals surface area contributed by atoms with E-state index in [9.17, 15) is 0 Å². The fraction of sp³-hybridized carbons (Fsp3) is 0.643. The van der Waals surface area contributed by atoms with Crippen molar-refractivity contribution in [1.29, 1.82) is 0 Å². The lowest BCUT2D eigenvalue weighted by atomic mass is 10.2. The zero-order valence-electron chi connectivity index (χ0n) is 10.4. The van der Waals surface area contributed by atoms with Crippen molar-refractivity contribution < 1.29 is 5.11 Å². The first-order valence-corrected chi connectivity index (χ1v) is 6.61. The summed E-state index contributed by atoms with van der Waals surface area (Å²) in [5.41, 5.74) is 2.11. The Bertz CT molecular complexity index is 411. The summed E-state index contributed by atoms with van der Waals surface area (Å²) in [4.78, 5) is 7.05. The van der Waals surface area contributed by atoms with Crippen molar-refractivity contribution in [2.24, 2.45) is 5.92 Å². The summed E-state index contributed by atoms with van der Waals surface area (Å²) in [5.74, 6) is 2.03. The van der Waals surface area contributed by atoms with Crippen molar-refractivity contribution >= 4 is 5.82 Å². The number of rotatable bonds is 5. The topological polar surface area (TPSA) is 36.4 Å². The van der Waals surface area contributed by atoms with E-state index in [4.69, 9.17) is 5.11 Å². The van der Waals surface area contributed by atoms with Crippen LogP contribution in [-0.4, -0.2) is 22.7 Å². The molecule has 0 aliphatic heterocycles. The number of anilines is 1. The molecule has 3 rings (SSSR count). The summed E-state index contributed by atoms with van der Waals surface area (Å²) in [7, 11) is 0. The predicted molar refractivity (Wildman–Crippen MR) is 68.0 cm³/mol. The molecule has 0 aromatic carbocycles. The molecule has 1 aromatic heterocycles. The Morgan fingerprint density at radius 2 is 2.12 bits per heavy atom. The van der Waals surface area contributed by atoms with Gasteiger partial charge in [-0.25, -0.2) is 4.98 Å². The van der Waals surface area contributed by atoms with Gasteiger partial charge >= 0.3 is 0 Å². The maximum absolute atomic E-state index is 9.11. The second-order valence-corrected chi connectivity index (χ2v) is 5.47. The molecular weight excluding hydrogens is 212 g/mol. The highest BCUT2D eigenvalue weighted by atomic mass is 16.3. The molecule has 2 saturated carbocycles. The molecule has 3 nitrogen and oxygen atoms in total. The maximum Gasteiger partial charge on any atom is 0.131 e. The molecule has 92 valence electrons. The van der Waals surface area contributed by atoms with Crippen LogP contribution in [0.3, 0.4) is 0 Å². The van der Waals surface area contributed by atoms with Crippen molar-refractivity contribution in [3.63, 3.8) is 0 Å². The quantitative estimate of drug-likeness (QED) is 0.846. The average Bonchev–Trinajstić information content (AvgIpc) is 3.18. The minimum atomic E-state index is 0.0835. The minimum absolute atomic E-state index is 0.0835. The van der Waals surface area contributed by atoms with Crippen LogP contribution in [0.25, 0.3) is 0 Å². The molecule has 0 atom stereocenters. The number of nitrogens with zero attached hydrogens (tertiary/aromatic N) is 2. The molecule has 1 N–H and O–H groups in total. The SMILES string of the molecule is Cc1cc(CO)cnc1N(CC1CC1)C1CC1. The lowest BCUT2D eigenvalue weighted by Crippen LogP contribution is -2.29. The third-order valence-electron chi connectivity index (χ3n) is 3.70. The first-order valence-electron chi connectivity index (χ1n) is 6.61. The molecule has 0 radical (unpaired) electrons. The van der Waals surface area contributed by atoms with Gasteiger partial charge in [-0.2, -0.15) is 0 Å². The van der Waals surface area contributed by atoms with E-state index in [0.29, 0.717) is 0 Å². The van der Waals surface area contributed by atoms with Crippen LogP contribution in [0.1, 0.15) is 36.8 Å². The molecule has 2 aliphatic rings. The molecule has 1 aromatic rings. The van der Waals surface area contributed by atoms with E-state index in [0.717, 1.165) is 23.3 Å². The number of hydrogen-bond donors (Lipinski definition) is 1. The van der Waals surface area contributed by atoms with Crippen LogP contribution >= 0.6 is 0 Å². The van der Waals surface area contributed by atoms with Gasteiger partial charge in [-0.05, 0) is 55.7 Å². The predicted octanol–water partition coefficient (Wildman–Crippen LogP) is 2.26. The van der Waals surface area contributed by atoms with E-state index in [1.165, 1.54) is 37.8 Å². The van der Waals surface area contributed by atoms with Crippen LogP contribution < -0.4 is 4.90 Å². The highest BCUT2D eigenvalue weighted by Gasteiger charge is 2.34. The van der Waals surface area contributed by atoms with Gasteiger partial charge in [0.2, 0.25) is 0 Å². The summed E-state index contributed by atoms with van der Waals surface area (Å²) < 4.78 is 0. The van der Waals surface area contributed by atoms with E-state index in [-0.39, 0.29) is 6.61 Å². The van der Waals surface area contributed by atoms with Crippen LogP contribution in [0.5, 0.6) is 0 Å². The monoisotopic (exact) mass is 232 g/mol. The standard InChI is InChI=1S/C14H20N2O/c1-10-6-12(9-17)7-15-14(10)16(13-4-5-13)8-11-2-3-11/h6-7,11,13,17H,2-5,8-9H2,1H3. The molecule has 0 saturated heterocycles. The number of pyridine rings is 1. The molecule has 0 bridgehead atoms. The van der Waals surface area contributed by atoms with Crippen LogP contribution in [-0.2, 0) is 6.61 Å². The smallest absolute Gasteiger partial charge is 0.131 e. The average molecular weight is 232 g/mol. The number of hydrogen-bond acceptors (Lipinski definition) is 3. The molecule has 1 heterocycles. The van der Waals surface area contributed by atoms with E-state index in [1.807, 2.05) is 6.20 Å². The third-order valence-corrected chi connectivity index (χ3v) is 3.70. The molecule has 2 fully saturated rings. The van der Waals surface area contributed by atoms with Gasteiger partial charge in [0, 0.05) is 18.8 Å². The summed E-state index contributed by atoms with van der Waals surface area (Å²) in [6.45, 7) is 3.36. The van der Waals surface area contributed by atoms with Gasteiger partial charge in [-0.15, -0.1) is 0 Å². The number of aliphatic hydroxyl groups is 1. The van der Waals surface area contributed by atoms with Crippen molar-refractivity contribution in [2.75, 3.05) is 11.4 Å². The van der Waals surface area contributed by atoms with Crippen molar-refractivity contribution in [3.8, 4) is 0 Å². The van der Waals surface area contributed by atoms with Gasteiger partial charge in [-0.3, -0.25) is 0 Å². The Morgan fingerprint density at radius 1 is 1.35 bits per heavy atom. The van der Waals surface area contributed by atoms with Gasteiger partial charge < -0.3 is 10.0 Å². The van der Waals surface area contributed by atoms with Crippen LogP contribution in [0.4, 0.5) is 5.82 Å². The number of aryl methyl sites for hydroxylation is 1. The van der Waals surface area contributed by atoms with E-state index in [2.05, 4.69) is 22.9 Å². The Balaban J connectivity index is 1.83. The number of aliphatic hydroxyl groups excluding tert-OH is 1. The van der Waals surface area contributed by atoms with E-state index < -0.39 is 0 Å². The normalized spacial score (nSPS) is 19.4. The van der Waals surface area contributed by atoms with Crippen LogP contribution in [0.15, 0.2) is 12.3 Å². The van der Waals surface area contributed by atoms with Gasteiger partial charge in [-0.1, -0.05) is 0 Å². The lowest BCUT2D eigenvalue weighted by molar-refractivity contribution is 0.281. The first kappa shape index (κ1) is 11.0. The Morgan fingerprint density at radius 3 is 2.65 bits per heavy atom. The van der Waals surface area contributed by atoms with Crippen molar-refractivity contribution in [2.45, 2.75) is 45.3 Å². The maximum atomic E-state index is 9.11. The Hall–Kier alpha value is -1.09. The van der Waals surface area contributed by atoms with E-state index >= 15 is 0 Å². The molecular formula is C14H20N2O. The molecule has 17 heavy (non-hydrogen) atoms. The van der Waals surface area contributed by atoms with Gasteiger partial charge in [0.1, 0.15) is 5.82 Å². The Labute approximate surface area is 102 Å². The lowest BCUT2D eigenvalue weighted by Gasteiger charge is -2.25. The zero-order chi connectivity index (χ0) is 11.8. The molecule has 3 heteroatoms. The zero-order valence-corrected chi connectivity index (χ0v) is 10.4. The summed E-state index contributed by atoms with van der Waals surface area (Å²) in [6.07, 6.45) is 7.21. The highest BCUT2D eigenvalue weighted by molar-refractivity contribution is 5.49. The second-order valence-electron chi connectivity index (χ2n) is 5.47. The summed E-state index contributed by atoms with van der Waals surface area (Å²) in [5, 5.41) is 9.11. The van der Waals surface area contributed by atoms with Crippen molar-refractivity contribution in [1.82, 2.24) is 4.98 Å².